The molecule has 3 aromatic rings. The number of amides is 1. The van der Waals surface area contributed by atoms with Gasteiger partial charge in [-0.1, -0.05) is 43.0 Å². The van der Waals surface area contributed by atoms with Crippen LogP contribution in [0.3, 0.4) is 0 Å². The predicted octanol–water partition coefficient (Wildman–Crippen LogP) is 4.39. The lowest BCUT2D eigenvalue weighted by atomic mass is 10.2. The number of hydrogen-bond acceptors (Lipinski definition) is 5. The molecule has 1 heterocycles. The third-order valence-corrected chi connectivity index (χ3v) is 5.38. The molecular formula is C21H23FN4O2S. The molecule has 1 atom stereocenters. The van der Waals surface area contributed by atoms with E-state index in [1.165, 1.54) is 29.5 Å². The van der Waals surface area contributed by atoms with E-state index in [0.29, 0.717) is 11.0 Å². The fourth-order valence-corrected chi connectivity index (χ4v) is 3.46. The van der Waals surface area contributed by atoms with E-state index in [-0.39, 0.29) is 23.5 Å². The summed E-state index contributed by atoms with van der Waals surface area (Å²) in [4.78, 5) is 12.1. The van der Waals surface area contributed by atoms with Crippen LogP contribution in [0, 0.1) is 5.82 Å². The van der Waals surface area contributed by atoms with Crippen LogP contribution in [0.15, 0.2) is 53.7 Å². The second kappa shape index (κ2) is 9.56. The highest BCUT2D eigenvalue weighted by atomic mass is 32.2. The molecule has 8 heteroatoms. The Hall–Kier alpha value is -2.87. The van der Waals surface area contributed by atoms with Gasteiger partial charge < -0.3 is 14.6 Å². The van der Waals surface area contributed by atoms with Crippen molar-refractivity contribution in [3.05, 3.63) is 65.7 Å². The Balaban J connectivity index is 1.58. The molecule has 0 aliphatic rings. The smallest absolute Gasteiger partial charge is 0.234 e. The number of benzene rings is 2. The Bertz CT molecular complexity index is 975. The van der Waals surface area contributed by atoms with Gasteiger partial charge in [0.05, 0.1) is 11.4 Å². The van der Waals surface area contributed by atoms with Crippen LogP contribution in [0.2, 0.25) is 0 Å². The van der Waals surface area contributed by atoms with Gasteiger partial charge in [0.25, 0.3) is 0 Å². The van der Waals surface area contributed by atoms with E-state index in [2.05, 4.69) is 22.4 Å². The molecule has 0 spiro atoms. The summed E-state index contributed by atoms with van der Waals surface area (Å²) < 4.78 is 21.4. The van der Waals surface area contributed by atoms with Gasteiger partial charge in [0.2, 0.25) is 5.91 Å². The van der Waals surface area contributed by atoms with Crippen molar-refractivity contribution < 1.29 is 13.9 Å². The second-order valence-electron chi connectivity index (χ2n) is 6.47. The molecule has 1 aromatic heterocycles. The number of thioether (sulfide) groups is 1. The van der Waals surface area contributed by atoms with Gasteiger partial charge >= 0.3 is 0 Å². The predicted molar refractivity (Wildman–Crippen MR) is 112 cm³/mol. The van der Waals surface area contributed by atoms with Crippen molar-refractivity contribution >= 4 is 23.4 Å². The van der Waals surface area contributed by atoms with Crippen LogP contribution in [-0.4, -0.2) is 26.4 Å². The number of anilines is 1. The Morgan fingerprint density at radius 3 is 2.62 bits per heavy atom. The van der Waals surface area contributed by atoms with Gasteiger partial charge in [0.1, 0.15) is 11.6 Å². The molecule has 0 unspecified atom stereocenters. The van der Waals surface area contributed by atoms with E-state index in [1.54, 1.807) is 16.7 Å². The van der Waals surface area contributed by atoms with Crippen LogP contribution in [-0.2, 0) is 18.3 Å². The first kappa shape index (κ1) is 20.9. The van der Waals surface area contributed by atoms with Crippen LogP contribution in [0.25, 0.3) is 0 Å². The quantitative estimate of drug-likeness (QED) is 0.554. The number of aromatic nitrogens is 3. The molecule has 0 fully saturated rings. The van der Waals surface area contributed by atoms with Crippen LogP contribution in [0.5, 0.6) is 5.75 Å². The van der Waals surface area contributed by atoms with Gasteiger partial charge in [-0.15, -0.1) is 10.2 Å². The SMILES string of the molecule is CCc1ccc(O[C@@H](C)c2nnc(SCC(=O)Nc3ccccc3F)n2C)cc1. The van der Waals surface area contributed by atoms with E-state index in [0.717, 1.165) is 12.2 Å². The van der Waals surface area contributed by atoms with Crippen molar-refractivity contribution in [3.63, 3.8) is 0 Å². The lowest BCUT2D eigenvalue weighted by Crippen LogP contribution is -2.15. The van der Waals surface area contributed by atoms with Crippen molar-refractivity contribution in [1.29, 1.82) is 0 Å². The van der Waals surface area contributed by atoms with Crippen molar-refractivity contribution in [2.75, 3.05) is 11.1 Å². The summed E-state index contributed by atoms with van der Waals surface area (Å²) in [6, 6.07) is 14.0. The van der Waals surface area contributed by atoms with Crippen LogP contribution >= 0.6 is 11.8 Å². The number of para-hydroxylation sites is 1. The van der Waals surface area contributed by atoms with E-state index >= 15 is 0 Å². The summed E-state index contributed by atoms with van der Waals surface area (Å²) in [7, 11) is 1.83. The van der Waals surface area contributed by atoms with Crippen LogP contribution in [0.1, 0.15) is 31.3 Å². The topological polar surface area (TPSA) is 69.0 Å². The summed E-state index contributed by atoms with van der Waals surface area (Å²) in [6.45, 7) is 4.00. The zero-order valence-electron chi connectivity index (χ0n) is 16.6. The molecule has 0 saturated carbocycles. The van der Waals surface area contributed by atoms with Crippen molar-refractivity contribution in [2.45, 2.75) is 31.5 Å². The molecule has 152 valence electrons. The molecule has 2 aromatic carbocycles. The monoisotopic (exact) mass is 414 g/mol. The van der Waals surface area contributed by atoms with Crippen molar-refractivity contribution in [1.82, 2.24) is 14.8 Å². The lowest BCUT2D eigenvalue weighted by Gasteiger charge is -2.14. The number of carbonyl (C=O) groups is 1. The summed E-state index contributed by atoms with van der Waals surface area (Å²) in [5.41, 5.74) is 1.41. The summed E-state index contributed by atoms with van der Waals surface area (Å²) in [5.74, 6) is 0.723. The van der Waals surface area contributed by atoms with Gasteiger partial charge in [-0.2, -0.15) is 0 Å². The molecule has 0 saturated heterocycles. The summed E-state index contributed by atoms with van der Waals surface area (Å²) >= 11 is 1.23. The molecule has 1 amide bonds. The zero-order chi connectivity index (χ0) is 20.8. The third-order valence-electron chi connectivity index (χ3n) is 4.36. The van der Waals surface area contributed by atoms with Crippen LogP contribution < -0.4 is 10.1 Å². The van der Waals surface area contributed by atoms with E-state index in [9.17, 15) is 9.18 Å². The molecule has 3 rings (SSSR count). The number of nitrogens with one attached hydrogen (secondary N) is 1. The molecule has 1 N–H and O–H groups in total. The average Bonchev–Trinajstić information content (AvgIpc) is 3.09. The molecule has 0 aliphatic carbocycles. The average molecular weight is 415 g/mol. The minimum atomic E-state index is -0.468. The maximum atomic E-state index is 13.6. The highest BCUT2D eigenvalue weighted by molar-refractivity contribution is 7.99. The molecule has 0 bridgehead atoms. The number of rotatable bonds is 8. The molecule has 6 nitrogen and oxygen atoms in total. The van der Waals surface area contributed by atoms with Crippen molar-refractivity contribution in [2.24, 2.45) is 7.05 Å². The summed E-state index contributed by atoms with van der Waals surface area (Å²) in [5, 5.41) is 11.5. The number of aryl methyl sites for hydroxylation is 1. The van der Waals surface area contributed by atoms with Crippen molar-refractivity contribution in [3.8, 4) is 5.75 Å². The lowest BCUT2D eigenvalue weighted by molar-refractivity contribution is -0.113. The fraction of sp³-hybridized carbons (Fsp3) is 0.286. The number of hydrogen-bond donors (Lipinski definition) is 1. The van der Waals surface area contributed by atoms with Gasteiger partial charge in [0.15, 0.2) is 17.1 Å². The molecule has 0 aliphatic heterocycles. The summed E-state index contributed by atoms with van der Waals surface area (Å²) in [6.07, 6.45) is 0.672. The number of ether oxygens (including phenoxy) is 1. The first-order valence-electron chi connectivity index (χ1n) is 9.30. The van der Waals surface area contributed by atoms with Gasteiger partial charge in [0, 0.05) is 7.05 Å². The minimum absolute atomic E-state index is 0.0913. The second-order valence-corrected chi connectivity index (χ2v) is 7.42. The highest BCUT2D eigenvalue weighted by Gasteiger charge is 2.18. The minimum Gasteiger partial charge on any atom is -0.483 e. The van der Waals surface area contributed by atoms with E-state index < -0.39 is 5.82 Å². The Morgan fingerprint density at radius 2 is 1.93 bits per heavy atom. The largest absolute Gasteiger partial charge is 0.483 e. The fourth-order valence-electron chi connectivity index (χ4n) is 2.75. The van der Waals surface area contributed by atoms with Crippen LogP contribution in [0.4, 0.5) is 10.1 Å². The standard InChI is InChI=1S/C21H23FN4O2S/c1-4-15-9-11-16(12-10-15)28-14(2)20-24-25-21(26(20)3)29-13-19(27)23-18-8-6-5-7-17(18)22/h5-12,14H,4,13H2,1-3H3,(H,23,27)/t14-/m0/s1. The number of carbonyl (C=O) groups excluding carboxylic acids is 1. The number of nitrogens with zero attached hydrogens (tertiary/aromatic N) is 3. The first-order chi connectivity index (χ1) is 14.0. The normalized spacial score (nSPS) is 11.9. The number of halogens is 1. The van der Waals surface area contributed by atoms with E-state index in [1.807, 2.05) is 38.2 Å². The Kier molecular flexibility index (Phi) is 6.87. The molecule has 0 radical (unpaired) electrons. The maximum Gasteiger partial charge on any atom is 0.234 e. The third kappa shape index (κ3) is 5.35. The Morgan fingerprint density at radius 1 is 1.21 bits per heavy atom. The Labute approximate surface area is 173 Å². The first-order valence-corrected chi connectivity index (χ1v) is 10.3. The van der Waals surface area contributed by atoms with Gasteiger partial charge in [-0.25, -0.2) is 4.39 Å². The zero-order valence-corrected chi connectivity index (χ0v) is 17.4. The van der Waals surface area contributed by atoms with Gasteiger partial charge in [-0.3, -0.25) is 4.79 Å². The molecule has 29 heavy (non-hydrogen) atoms. The molecular weight excluding hydrogens is 391 g/mol. The highest BCUT2D eigenvalue weighted by Crippen LogP contribution is 2.24. The van der Waals surface area contributed by atoms with Gasteiger partial charge in [-0.05, 0) is 43.2 Å². The van der Waals surface area contributed by atoms with E-state index in [4.69, 9.17) is 4.74 Å². The maximum absolute atomic E-state index is 13.6.